The maximum absolute atomic E-state index is 12.8. The van der Waals surface area contributed by atoms with Crippen LogP contribution in [0, 0.1) is 13.8 Å². The van der Waals surface area contributed by atoms with Gasteiger partial charge in [-0.05, 0) is 49.2 Å². The summed E-state index contributed by atoms with van der Waals surface area (Å²) in [7, 11) is 0. The van der Waals surface area contributed by atoms with Crippen molar-refractivity contribution in [2.24, 2.45) is 0 Å². The van der Waals surface area contributed by atoms with Crippen LogP contribution in [0.25, 0.3) is 6.08 Å². The number of hydrogen-bond acceptors (Lipinski definition) is 3. The molecule has 2 aromatic rings. The lowest BCUT2D eigenvalue weighted by Crippen LogP contribution is -2.54. The zero-order valence-corrected chi connectivity index (χ0v) is 15.3. The van der Waals surface area contributed by atoms with Crippen molar-refractivity contribution in [2.75, 3.05) is 4.90 Å². The molecule has 126 valence electrons. The van der Waals surface area contributed by atoms with Gasteiger partial charge in [0, 0.05) is 4.47 Å². The second-order valence-corrected chi connectivity index (χ2v) is 6.66. The SMILES string of the molecule is Cc1cccc(/C=C2\C(=O)NC(=O)N(c3ccc(Br)c(C)c3)C2=O)c1. The molecule has 0 bridgehead atoms. The number of imide groups is 2. The highest BCUT2D eigenvalue weighted by atomic mass is 79.9. The van der Waals surface area contributed by atoms with Gasteiger partial charge in [0.15, 0.2) is 0 Å². The molecule has 0 atom stereocenters. The van der Waals surface area contributed by atoms with Gasteiger partial charge in [0.2, 0.25) is 0 Å². The molecular formula is C19H15BrN2O3. The zero-order valence-electron chi connectivity index (χ0n) is 13.7. The van der Waals surface area contributed by atoms with Crippen LogP contribution < -0.4 is 10.2 Å². The number of hydrogen-bond donors (Lipinski definition) is 1. The van der Waals surface area contributed by atoms with Crippen molar-refractivity contribution in [1.29, 1.82) is 0 Å². The maximum atomic E-state index is 12.8. The van der Waals surface area contributed by atoms with Crippen molar-refractivity contribution in [2.45, 2.75) is 13.8 Å². The summed E-state index contributed by atoms with van der Waals surface area (Å²) in [6.45, 7) is 3.78. The third-order valence-corrected chi connectivity index (χ3v) is 4.74. The Morgan fingerprint density at radius 2 is 1.80 bits per heavy atom. The molecule has 6 heteroatoms. The third kappa shape index (κ3) is 3.39. The average Bonchev–Trinajstić information content (AvgIpc) is 2.55. The normalized spacial score (nSPS) is 16.4. The van der Waals surface area contributed by atoms with Gasteiger partial charge in [-0.2, -0.15) is 0 Å². The number of urea groups is 1. The van der Waals surface area contributed by atoms with E-state index >= 15 is 0 Å². The topological polar surface area (TPSA) is 66.5 Å². The number of aryl methyl sites for hydroxylation is 2. The van der Waals surface area contributed by atoms with Crippen molar-refractivity contribution in [3.63, 3.8) is 0 Å². The van der Waals surface area contributed by atoms with Gasteiger partial charge in [0.05, 0.1) is 5.69 Å². The monoisotopic (exact) mass is 398 g/mol. The first-order valence-corrected chi connectivity index (χ1v) is 8.40. The predicted octanol–water partition coefficient (Wildman–Crippen LogP) is 3.73. The lowest BCUT2D eigenvalue weighted by atomic mass is 10.0. The van der Waals surface area contributed by atoms with Crippen molar-refractivity contribution in [3.8, 4) is 0 Å². The number of benzene rings is 2. The number of amides is 4. The molecule has 1 saturated heterocycles. The Morgan fingerprint density at radius 3 is 2.48 bits per heavy atom. The maximum Gasteiger partial charge on any atom is 0.335 e. The summed E-state index contributed by atoms with van der Waals surface area (Å²) in [4.78, 5) is 38.1. The van der Waals surface area contributed by atoms with E-state index in [1.54, 1.807) is 24.3 Å². The number of anilines is 1. The predicted molar refractivity (Wildman–Crippen MR) is 99.1 cm³/mol. The highest BCUT2D eigenvalue weighted by molar-refractivity contribution is 9.10. The van der Waals surface area contributed by atoms with Crippen LogP contribution in [0.1, 0.15) is 16.7 Å². The first-order chi connectivity index (χ1) is 11.9. The number of halogens is 1. The molecule has 0 aromatic heterocycles. The Bertz CT molecular complexity index is 934. The van der Waals surface area contributed by atoms with Gasteiger partial charge in [-0.3, -0.25) is 14.9 Å². The fourth-order valence-electron chi connectivity index (χ4n) is 2.59. The second kappa shape index (κ2) is 6.64. The van der Waals surface area contributed by atoms with E-state index in [2.05, 4.69) is 21.2 Å². The van der Waals surface area contributed by atoms with Gasteiger partial charge in [0.25, 0.3) is 11.8 Å². The van der Waals surface area contributed by atoms with E-state index in [0.717, 1.165) is 26.1 Å². The Balaban J connectivity index is 2.03. The van der Waals surface area contributed by atoms with Crippen LogP contribution >= 0.6 is 15.9 Å². The van der Waals surface area contributed by atoms with Gasteiger partial charge in [-0.25, -0.2) is 9.69 Å². The Kier molecular flexibility index (Phi) is 4.55. The van der Waals surface area contributed by atoms with Crippen LogP contribution in [-0.4, -0.2) is 17.8 Å². The van der Waals surface area contributed by atoms with Gasteiger partial charge in [0.1, 0.15) is 5.57 Å². The van der Waals surface area contributed by atoms with Crippen molar-refractivity contribution >= 4 is 45.5 Å². The minimum Gasteiger partial charge on any atom is -0.273 e. The van der Waals surface area contributed by atoms with Crippen LogP contribution in [0.4, 0.5) is 10.5 Å². The fourth-order valence-corrected chi connectivity index (χ4v) is 2.83. The van der Waals surface area contributed by atoms with Gasteiger partial charge >= 0.3 is 6.03 Å². The van der Waals surface area contributed by atoms with Crippen LogP contribution in [0.2, 0.25) is 0 Å². The second-order valence-electron chi connectivity index (χ2n) is 5.81. The van der Waals surface area contributed by atoms with E-state index in [1.165, 1.54) is 6.08 Å². The molecule has 25 heavy (non-hydrogen) atoms. The molecule has 1 heterocycles. The molecule has 2 aromatic carbocycles. The van der Waals surface area contributed by atoms with E-state index < -0.39 is 17.8 Å². The number of nitrogens with one attached hydrogen (secondary N) is 1. The molecular weight excluding hydrogens is 384 g/mol. The smallest absolute Gasteiger partial charge is 0.273 e. The van der Waals surface area contributed by atoms with Crippen LogP contribution in [0.3, 0.4) is 0 Å². The zero-order chi connectivity index (χ0) is 18.1. The summed E-state index contributed by atoms with van der Waals surface area (Å²) in [6, 6.07) is 11.8. The highest BCUT2D eigenvalue weighted by Crippen LogP contribution is 2.26. The van der Waals surface area contributed by atoms with Gasteiger partial charge in [-0.15, -0.1) is 0 Å². The molecule has 1 fully saturated rings. The van der Waals surface area contributed by atoms with E-state index in [-0.39, 0.29) is 5.57 Å². The summed E-state index contributed by atoms with van der Waals surface area (Å²) in [5.41, 5.74) is 2.94. The molecule has 5 nitrogen and oxygen atoms in total. The quantitative estimate of drug-likeness (QED) is 0.618. The molecule has 4 amide bonds. The number of carbonyl (C=O) groups is 3. The summed E-state index contributed by atoms with van der Waals surface area (Å²) in [6.07, 6.45) is 1.50. The van der Waals surface area contributed by atoms with Crippen LogP contribution in [-0.2, 0) is 9.59 Å². The van der Waals surface area contributed by atoms with E-state index in [0.29, 0.717) is 5.69 Å². The first kappa shape index (κ1) is 17.1. The molecule has 0 radical (unpaired) electrons. The van der Waals surface area contributed by atoms with E-state index in [9.17, 15) is 14.4 Å². The lowest BCUT2D eigenvalue weighted by Gasteiger charge is -2.26. The van der Waals surface area contributed by atoms with Gasteiger partial charge in [-0.1, -0.05) is 45.8 Å². The molecule has 1 aliphatic rings. The Morgan fingerprint density at radius 1 is 1.04 bits per heavy atom. The Labute approximate surface area is 153 Å². The molecule has 0 aliphatic carbocycles. The summed E-state index contributed by atoms with van der Waals surface area (Å²) >= 11 is 3.39. The minimum atomic E-state index is -0.752. The summed E-state index contributed by atoms with van der Waals surface area (Å²) < 4.78 is 0.868. The number of carbonyl (C=O) groups excluding carboxylic acids is 3. The number of nitrogens with zero attached hydrogens (tertiary/aromatic N) is 1. The minimum absolute atomic E-state index is 0.0780. The largest absolute Gasteiger partial charge is 0.335 e. The summed E-state index contributed by atoms with van der Waals surface area (Å²) in [5, 5.41) is 2.22. The van der Waals surface area contributed by atoms with Gasteiger partial charge < -0.3 is 0 Å². The van der Waals surface area contributed by atoms with Crippen molar-refractivity contribution in [1.82, 2.24) is 5.32 Å². The molecule has 0 saturated carbocycles. The van der Waals surface area contributed by atoms with E-state index in [4.69, 9.17) is 0 Å². The lowest BCUT2D eigenvalue weighted by molar-refractivity contribution is -0.122. The third-order valence-electron chi connectivity index (χ3n) is 3.85. The van der Waals surface area contributed by atoms with Crippen molar-refractivity contribution in [3.05, 3.63) is 69.2 Å². The molecule has 1 aliphatic heterocycles. The molecule has 0 spiro atoms. The fraction of sp³-hybridized carbons (Fsp3) is 0.105. The van der Waals surface area contributed by atoms with Crippen molar-refractivity contribution < 1.29 is 14.4 Å². The first-order valence-electron chi connectivity index (χ1n) is 7.61. The standard InChI is InChI=1S/C19H15BrN2O3/c1-11-4-3-5-13(8-11)10-15-17(23)21-19(25)22(18(15)24)14-6-7-16(20)12(2)9-14/h3-10H,1-2H3,(H,21,23,25)/b15-10+. The van der Waals surface area contributed by atoms with E-state index in [1.807, 2.05) is 32.0 Å². The number of barbiturate groups is 1. The molecule has 1 N–H and O–H groups in total. The van der Waals surface area contributed by atoms with Crippen LogP contribution in [0.15, 0.2) is 52.5 Å². The molecule has 3 rings (SSSR count). The highest BCUT2D eigenvalue weighted by Gasteiger charge is 2.36. The summed E-state index contributed by atoms with van der Waals surface area (Å²) in [5.74, 6) is -1.33. The number of rotatable bonds is 2. The Hall–Kier alpha value is -2.73. The molecule has 0 unspecified atom stereocenters. The average molecular weight is 399 g/mol. The van der Waals surface area contributed by atoms with Crippen LogP contribution in [0.5, 0.6) is 0 Å².